The third-order valence-corrected chi connectivity index (χ3v) is 2.79. The molecule has 0 saturated carbocycles. The average molecular weight is 224 g/mol. The normalized spacial score (nSPS) is 11.2. The fourth-order valence-corrected chi connectivity index (χ4v) is 1.73. The number of benzene rings is 1. The van der Waals surface area contributed by atoms with E-state index in [2.05, 4.69) is 13.8 Å². The Kier molecular flexibility index (Phi) is 4.77. The number of hydrogen-bond donors (Lipinski definition) is 2. The van der Waals surface area contributed by atoms with Gasteiger partial charge in [0, 0.05) is 5.92 Å². The topological polar surface area (TPSA) is 49.7 Å². The van der Waals surface area contributed by atoms with Gasteiger partial charge < -0.3 is 14.9 Å². The van der Waals surface area contributed by atoms with Gasteiger partial charge in [0.1, 0.15) is 5.75 Å². The molecule has 2 N–H and O–H groups in total. The highest BCUT2D eigenvalue weighted by molar-refractivity contribution is 5.40. The largest absolute Gasteiger partial charge is 0.496 e. The van der Waals surface area contributed by atoms with Crippen LogP contribution in [0.5, 0.6) is 5.75 Å². The molecule has 90 valence electrons. The van der Waals surface area contributed by atoms with Crippen molar-refractivity contribution >= 4 is 0 Å². The van der Waals surface area contributed by atoms with E-state index < -0.39 is 0 Å². The van der Waals surface area contributed by atoms with E-state index in [1.807, 2.05) is 18.2 Å². The standard InChI is InChI=1S/C13H20O3/c1-9(2)12-6-10(11(7-14)8-15)4-5-13(12)16-3/h4-6,9,11,14-15H,7-8H2,1-3H3. The molecule has 3 nitrogen and oxygen atoms in total. The zero-order chi connectivity index (χ0) is 12.1. The molecule has 16 heavy (non-hydrogen) atoms. The average Bonchev–Trinajstić information content (AvgIpc) is 2.30. The Hall–Kier alpha value is -1.06. The van der Waals surface area contributed by atoms with Crippen molar-refractivity contribution in [2.45, 2.75) is 25.7 Å². The molecule has 0 atom stereocenters. The number of rotatable bonds is 5. The van der Waals surface area contributed by atoms with Crippen molar-refractivity contribution in [3.63, 3.8) is 0 Å². The van der Waals surface area contributed by atoms with E-state index in [9.17, 15) is 0 Å². The van der Waals surface area contributed by atoms with Crippen molar-refractivity contribution in [3.8, 4) is 5.75 Å². The molecular formula is C13H20O3. The zero-order valence-corrected chi connectivity index (χ0v) is 10.1. The minimum absolute atomic E-state index is 0.0413. The summed E-state index contributed by atoms with van der Waals surface area (Å²) in [6.07, 6.45) is 0. The van der Waals surface area contributed by atoms with Gasteiger partial charge in [0.25, 0.3) is 0 Å². The number of hydrogen-bond acceptors (Lipinski definition) is 3. The smallest absolute Gasteiger partial charge is 0.122 e. The van der Waals surface area contributed by atoms with E-state index in [1.54, 1.807) is 7.11 Å². The van der Waals surface area contributed by atoms with Crippen LogP contribution >= 0.6 is 0 Å². The van der Waals surface area contributed by atoms with Crippen molar-refractivity contribution in [1.29, 1.82) is 0 Å². The molecular weight excluding hydrogens is 204 g/mol. The maximum absolute atomic E-state index is 9.14. The second-order valence-corrected chi connectivity index (χ2v) is 4.22. The third-order valence-electron chi connectivity index (χ3n) is 2.79. The highest BCUT2D eigenvalue weighted by Crippen LogP contribution is 2.29. The van der Waals surface area contributed by atoms with Crippen LogP contribution in [0.1, 0.15) is 36.8 Å². The molecule has 0 heterocycles. The van der Waals surface area contributed by atoms with Crippen LogP contribution in [-0.4, -0.2) is 30.5 Å². The van der Waals surface area contributed by atoms with Gasteiger partial charge in [-0.25, -0.2) is 0 Å². The van der Waals surface area contributed by atoms with Crippen LogP contribution in [0, 0.1) is 0 Å². The van der Waals surface area contributed by atoms with E-state index in [1.165, 1.54) is 0 Å². The molecule has 0 aromatic heterocycles. The molecule has 1 aromatic rings. The Morgan fingerprint density at radius 3 is 2.25 bits per heavy atom. The van der Waals surface area contributed by atoms with Gasteiger partial charge >= 0.3 is 0 Å². The predicted octanol–water partition coefficient (Wildman–Crippen LogP) is 1.89. The molecule has 0 aliphatic rings. The fraction of sp³-hybridized carbons (Fsp3) is 0.538. The van der Waals surface area contributed by atoms with Crippen molar-refractivity contribution in [2.75, 3.05) is 20.3 Å². The van der Waals surface area contributed by atoms with Crippen LogP contribution in [0.2, 0.25) is 0 Å². The van der Waals surface area contributed by atoms with Crippen LogP contribution in [-0.2, 0) is 0 Å². The predicted molar refractivity (Wildman–Crippen MR) is 64.0 cm³/mol. The van der Waals surface area contributed by atoms with Crippen LogP contribution < -0.4 is 4.74 Å². The van der Waals surface area contributed by atoms with Gasteiger partial charge in [-0.05, 0) is 23.1 Å². The summed E-state index contributed by atoms with van der Waals surface area (Å²) >= 11 is 0. The monoisotopic (exact) mass is 224 g/mol. The Morgan fingerprint density at radius 2 is 1.81 bits per heavy atom. The summed E-state index contributed by atoms with van der Waals surface area (Å²) in [6, 6.07) is 5.78. The SMILES string of the molecule is COc1ccc(C(CO)CO)cc1C(C)C. The number of ether oxygens (including phenoxy) is 1. The van der Waals surface area contributed by atoms with E-state index in [4.69, 9.17) is 14.9 Å². The Labute approximate surface area is 96.7 Å². The minimum Gasteiger partial charge on any atom is -0.496 e. The first-order valence-corrected chi connectivity index (χ1v) is 5.53. The first-order chi connectivity index (χ1) is 7.63. The molecule has 3 heteroatoms. The van der Waals surface area contributed by atoms with E-state index in [-0.39, 0.29) is 19.1 Å². The van der Waals surface area contributed by atoms with Gasteiger partial charge in [-0.15, -0.1) is 0 Å². The van der Waals surface area contributed by atoms with Crippen molar-refractivity contribution in [3.05, 3.63) is 29.3 Å². The number of aliphatic hydroxyl groups excluding tert-OH is 2. The Balaban J connectivity index is 3.10. The Bertz CT molecular complexity index is 330. The van der Waals surface area contributed by atoms with Gasteiger partial charge in [0.2, 0.25) is 0 Å². The molecule has 0 spiro atoms. The molecule has 0 bridgehead atoms. The zero-order valence-electron chi connectivity index (χ0n) is 10.1. The second-order valence-electron chi connectivity index (χ2n) is 4.22. The van der Waals surface area contributed by atoms with Crippen LogP contribution in [0.4, 0.5) is 0 Å². The summed E-state index contributed by atoms with van der Waals surface area (Å²) in [7, 11) is 1.65. The molecule has 0 saturated heterocycles. The fourth-order valence-electron chi connectivity index (χ4n) is 1.73. The Morgan fingerprint density at radius 1 is 1.19 bits per heavy atom. The first-order valence-electron chi connectivity index (χ1n) is 5.53. The van der Waals surface area contributed by atoms with E-state index in [0.717, 1.165) is 16.9 Å². The molecule has 0 aliphatic carbocycles. The molecule has 0 fully saturated rings. The van der Waals surface area contributed by atoms with Crippen molar-refractivity contribution in [1.82, 2.24) is 0 Å². The lowest BCUT2D eigenvalue weighted by Crippen LogP contribution is -2.09. The van der Waals surface area contributed by atoms with E-state index >= 15 is 0 Å². The lowest BCUT2D eigenvalue weighted by atomic mass is 9.94. The lowest BCUT2D eigenvalue weighted by Gasteiger charge is -2.17. The highest BCUT2D eigenvalue weighted by Gasteiger charge is 2.13. The molecule has 1 aromatic carbocycles. The summed E-state index contributed by atoms with van der Waals surface area (Å²) in [5, 5.41) is 18.3. The third kappa shape index (κ3) is 2.74. The van der Waals surface area contributed by atoms with Gasteiger partial charge in [0.15, 0.2) is 0 Å². The first kappa shape index (κ1) is 13.0. The molecule has 0 unspecified atom stereocenters. The number of methoxy groups -OCH3 is 1. The quantitative estimate of drug-likeness (QED) is 0.803. The summed E-state index contributed by atoms with van der Waals surface area (Å²) in [6.45, 7) is 4.10. The maximum Gasteiger partial charge on any atom is 0.122 e. The van der Waals surface area contributed by atoms with Gasteiger partial charge in [-0.2, -0.15) is 0 Å². The molecule has 1 rings (SSSR count). The second kappa shape index (κ2) is 5.87. The lowest BCUT2D eigenvalue weighted by molar-refractivity contribution is 0.192. The van der Waals surface area contributed by atoms with Crippen molar-refractivity contribution in [2.24, 2.45) is 0 Å². The summed E-state index contributed by atoms with van der Waals surface area (Å²) in [5.41, 5.74) is 2.06. The van der Waals surface area contributed by atoms with Crippen LogP contribution in [0.25, 0.3) is 0 Å². The van der Waals surface area contributed by atoms with Gasteiger partial charge in [0.05, 0.1) is 20.3 Å². The summed E-state index contributed by atoms with van der Waals surface area (Å²) < 4.78 is 5.28. The molecule has 0 radical (unpaired) electrons. The summed E-state index contributed by atoms with van der Waals surface area (Å²) in [5.74, 6) is 1.00. The number of aliphatic hydroxyl groups is 2. The maximum atomic E-state index is 9.14. The minimum atomic E-state index is -0.205. The van der Waals surface area contributed by atoms with E-state index in [0.29, 0.717) is 5.92 Å². The molecule has 0 aliphatic heterocycles. The van der Waals surface area contributed by atoms with Crippen molar-refractivity contribution < 1.29 is 14.9 Å². The van der Waals surface area contributed by atoms with Gasteiger partial charge in [-0.3, -0.25) is 0 Å². The highest BCUT2D eigenvalue weighted by atomic mass is 16.5. The van der Waals surface area contributed by atoms with Crippen LogP contribution in [0.3, 0.4) is 0 Å². The summed E-state index contributed by atoms with van der Waals surface area (Å²) in [4.78, 5) is 0. The van der Waals surface area contributed by atoms with Crippen LogP contribution in [0.15, 0.2) is 18.2 Å². The van der Waals surface area contributed by atoms with Gasteiger partial charge in [-0.1, -0.05) is 26.0 Å². The molecule has 0 amide bonds.